The largest absolute Gasteiger partial charge is 0.502 e. The van der Waals surface area contributed by atoms with E-state index in [1.807, 2.05) is 0 Å². The highest BCUT2D eigenvalue weighted by Gasteiger charge is 2.17. The topological polar surface area (TPSA) is 83.8 Å². The summed E-state index contributed by atoms with van der Waals surface area (Å²) in [6.45, 7) is 1.73. The third-order valence-corrected chi connectivity index (χ3v) is 2.65. The van der Waals surface area contributed by atoms with Crippen LogP contribution in [0.25, 0.3) is 22.1 Å². The fraction of sp³-hybridized carbons (Fsp3) is 0.0833. The van der Waals surface area contributed by atoms with Crippen molar-refractivity contribution in [3.63, 3.8) is 0 Å². The highest BCUT2D eigenvalue weighted by molar-refractivity contribution is 6.04. The first-order valence-corrected chi connectivity index (χ1v) is 4.96. The zero-order valence-corrected chi connectivity index (χ0v) is 8.85. The first-order chi connectivity index (χ1) is 8.08. The van der Waals surface area contributed by atoms with Gasteiger partial charge in [0.1, 0.15) is 0 Å². The normalized spacial score (nSPS) is 11.4. The second-order valence-corrected chi connectivity index (χ2v) is 3.82. The van der Waals surface area contributed by atoms with Gasteiger partial charge in [0, 0.05) is 11.6 Å². The van der Waals surface area contributed by atoms with Gasteiger partial charge in [-0.2, -0.15) is 0 Å². The second kappa shape index (κ2) is 3.04. The van der Waals surface area contributed by atoms with E-state index in [2.05, 4.69) is 0 Å². The van der Waals surface area contributed by atoms with E-state index in [9.17, 15) is 15.0 Å². The molecule has 0 aliphatic heterocycles. The minimum absolute atomic E-state index is 0.0740. The van der Waals surface area contributed by atoms with Gasteiger partial charge in [0.2, 0.25) is 11.2 Å². The number of fused-ring (bicyclic) bond motifs is 3. The van der Waals surface area contributed by atoms with E-state index < -0.39 is 11.2 Å². The summed E-state index contributed by atoms with van der Waals surface area (Å²) in [6.07, 6.45) is 0. The van der Waals surface area contributed by atoms with Gasteiger partial charge in [-0.05, 0) is 19.1 Å². The molecule has 0 radical (unpaired) electrons. The average molecular weight is 232 g/mol. The number of benzene rings is 1. The van der Waals surface area contributed by atoms with Crippen molar-refractivity contribution in [2.24, 2.45) is 0 Å². The Labute approximate surface area is 94.5 Å². The minimum Gasteiger partial charge on any atom is -0.502 e. The first kappa shape index (κ1) is 9.77. The van der Waals surface area contributed by atoms with Crippen LogP contribution < -0.4 is 5.43 Å². The number of phenolic OH excluding ortho intramolecular Hbond substituents is 1. The van der Waals surface area contributed by atoms with Gasteiger partial charge in [0.05, 0.1) is 5.39 Å². The van der Waals surface area contributed by atoms with Crippen molar-refractivity contribution in [3.05, 3.63) is 34.0 Å². The Morgan fingerprint density at radius 1 is 1.06 bits per heavy atom. The van der Waals surface area contributed by atoms with Gasteiger partial charge in [-0.3, -0.25) is 4.79 Å². The van der Waals surface area contributed by atoms with E-state index in [4.69, 9.17) is 8.83 Å². The molecule has 0 spiro atoms. The Bertz CT molecular complexity index is 794. The van der Waals surface area contributed by atoms with Gasteiger partial charge in [0.15, 0.2) is 16.7 Å². The van der Waals surface area contributed by atoms with Crippen molar-refractivity contribution >= 4 is 22.1 Å². The molecule has 3 aromatic rings. The number of aryl methyl sites for hydroxylation is 1. The molecule has 5 nitrogen and oxygen atoms in total. The maximum Gasteiger partial charge on any atom is 0.282 e. The molecule has 0 unspecified atom stereocenters. The van der Waals surface area contributed by atoms with Crippen LogP contribution in [0.2, 0.25) is 0 Å². The second-order valence-electron chi connectivity index (χ2n) is 3.82. The van der Waals surface area contributed by atoms with Crippen LogP contribution in [-0.4, -0.2) is 10.2 Å². The van der Waals surface area contributed by atoms with Gasteiger partial charge < -0.3 is 19.0 Å². The van der Waals surface area contributed by atoms with Crippen molar-refractivity contribution in [2.75, 3.05) is 0 Å². The Balaban J connectivity index is 2.63. The summed E-state index contributed by atoms with van der Waals surface area (Å²) >= 11 is 0. The summed E-state index contributed by atoms with van der Waals surface area (Å²) in [4.78, 5) is 11.3. The van der Waals surface area contributed by atoms with Crippen molar-refractivity contribution in [1.82, 2.24) is 0 Å². The van der Waals surface area contributed by atoms with Crippen LogP contribution in [0.5, 0.6) is 11.7 Å². The van der Waals surface area contributed by atoms with Crippen molar-refractivity contribution < 1.29 is 19.0 Å². The zero-order valence-electron chi connectivity index (χ0n) is 8.85. The van der Waals surface area contributed by atoms with E-state index in [0.717, 1.165) is 0 Å². The molecule has 0 aliphatic carbocycles. The van der Waals surface area contributed by atoms with Crippen LogP contribution in [0.1, 0.15) is 5.56 Å². The number of aromatic hydroxyl groups is 2. The van der Waals surface area contributed by atoms with Gasteiger partial charge in [0.25, 0.3) is 5.95 Å². The van der Waals surface area contributed by atoms with Crippen LogP contribution in [0, 0.1) is 6.92 Å². The lowest BCUT2D eigenvalue weighted by Gasteiger charge is -1.95. The Kier molecular flexibility index (Phi) is 1.75. The van der Waals surface area contributed by atoms with Crippen molar-refractivity contribution in [2.45, 2.75) is 6.92 Å². The Hall–Kier alpha value is -2.43. The first-order valence-electron chi connectivity index (χ1n) is 4.96. The molecular formula is C12H8O5. The van der Waals surface area contributed by atoms with E-state index in [1.165, 1.54) is 18.2 Å². The Morgan fingerprint density at radius 2 is 1.82 bits per heavy atom. The summed E-state index contributed by atoms with van der Waals surface area (Å²) < 4.78 is 10.5. The maximum atomic E-state index is 11.3. The molecule has 2 N–H and O–H groups in total. The number of hydrogen-bond donors (Lipinski definition) is 2. The number of rotatable bonds is 0. The standard InChI is InChI=1S/C12H8O5/c1-5-4-8(14)16-12-6-2-3-7(13)9(15)11(6)17-10(5)12/h2-4,14-15H,1H3. The molecule has 0 saturated carbocycles. The molecule has 2 aromatic heterocycles. The van der Waals surface area contributed by atoms with E-state index in [-0.39, 0.29) is 11.5 Å². The number of phenols is 1. The molecule has 1 aromatic carbocycles. The van der Waals surface area contributed by atoms with Gasteiger partial charge in [-0.25, -0.2) is 0 Å². The molecule has 0 bridgehead atoms. The van der Waals surface area contributed by atoms with E-state index >= 15 is 0 Å². The SMILES string of the molecule is Cc1cc(O)oc2c1oc1c(O)c(=O)ccc12. The lowest BCUT2D eigenvalue weighted by molar-refractivity contribution is 0.339. The fourth-order valence-electron chi connectivity index (χ4n) is 1.85. The Morgan fingerprint density at radius 3 is 2.59 bits per heavy atom. The summed E-state index contributed by atoms with van der Waals surface area (Å²) in [5.74, 6) is -0.698. The highest BCUT2D eigenvalue weighted by Crippen LogP contribution is 2.35. The molecule has 0 fully saturated rings. The smallest absolute Gasteiger partial charge is 0.282 e. The summed E-state index contributed by atoms with van der Waals surface area (Å²) in [6, 6.07) is 4.12. The fourth-order valence-corrected chi connectivity index (χ4v) is 1.85. The minimum atomic E-state index is -0.515. The number of hydrogen-bond acceptors (Lipinski definition) is 5. The number of furan rings is 1. The van der Waals surface area contributed by atoms with Crippen LogP contribution in [0.4, 0.5) is 0 Å². The molecule has 5 heteroatoms. The van der Waals surface area contributed by atoms with Gasteiger partial charge in [-0.15, -0.1) is 0 Å². The molecular weight excluding hydrogens is 224 g/mol. The molecule has 86 valence electrons. The average Bonchev–Trinajstić information content (AvgIpc) is 2.63. The maximum absolute atomic E-state index is 11.3. The highest BCUT2D eigenvalue weighted by atomic mass is 16.5. The molecule has 17 heavy (non-hydrogen) atoms. The molecule has 0 saturated heterocycles. The third kappa shape index (κ3) is 1.22. The summed E-state index contributed by atoms with van der Waals surface area (Å²) in [7, 11) is 0. The molecule has 2 heterocycles. The summed E-state index contributed by atoms with van der Waals surface area (Å²) in [5, 5.41) is 19.4. The molecule has 0 aliphatic rings. The molecule has 0 amide bonds. The van der Waals surface area contributed by atoms with Crippen molar-refractivity contribution in [1.29, 1.82) is 0 Å². The van der Waals surface area contributed by atoms with E-state index in [0.29, 0.717) is 22.1 Å². The van der Waals surface area contributed by atoms with Crippen molar-refractivity contribution in [3.8, 4) is 11.7 Å². The van der Waals surface area contributed by atoms with Crippen LogP contribution in [-0.2, 0) is 0 Å². The van der Waals surface area contributed by atoms with Crippen LogP contribution in [0.15, 0.2) is 31.8 Å². The predicted octanol–water partition coefficient (Wildman–Crippen LogP) is 2.26. The molecule has 3 rings (SSSR count). The van der Waals surface area contributed by atoms with Gasteiger partial charge in [-0.1, -0.05) is 0 Å². The molecule has 0 atom stereocenters. The third-order valence-electron chi connectivity index (χ3n) is 2.65. The van der Waals surface area contributed by atoms with E-state index in [1.54, 1.807) is 6.92 Å². The summed E-state index contributed by atoms with van der Waals surface area (Å²) in [5.41, 5.74) is 0.932. The van der Waals surface area contributed by atoms with Crippen LogP contribution >= 0.6 is 0 Å². The lowest BCUT2D eigenvalue weighted by Crippen LogP contribution is -1.95. The zero-order chi connectivity index (χ0) is 12.2. The quantitative estimate of drug-likeness (QED) is 0.621. The monoisotopic (exact) mass is 232 g/mol. The van der Waals surface area contributed by atoms with Gasteiger partial charge >= 0.3 is 0 Å². The lowest BCUT2D eigenvalue weighted by atomic mass is 10.2. The predicted molar refractivity (Wildman–Crippen MR) is 60.3 cm³/mol. The van der Waals surface area contributed by atoms with Crippen LogP contribution in [0.3, 0.4) is 0 Å².